The SMILES string of the molecule is Cc1cccc(C)c1NC(=O)c1ccc(N2CCN(c3ccccn3)CC2)nn1. The van der Waals surface area contributed by atoms with Crippen molar-refractivity contribution in [1.82, 2.24) is 15.2 Å². The first-order valence-electron chi connectivity index (χ1n) is 9.74. The van der Waals surface area contributed by atoms with Gasteiger partial charge in [-0.1, -0.05) is 24.3 Å². The molecular weight excluding hydrogens is 364 g/mol. The second kappa shape index (κ2) is 8.26. The maximum atomic E-state index is 12.6. The summed E-state index contributed by atoms with van der Waals surface area (Å²) in [7, 11) is 0. The number of pyridine rings is 1. The summed E-state index contributed by atoms with van der Waals surface area (Å²) in [5.41, 5.74) is 3.18. The van der Waals surface area contributed by atoms with Crippen molar-refractivity contribution >= 4 is 23.2 Å². The lowest BCUT2D eigenvalue weighted by atomic mass is 10.1. The molecule has 1 saturated heterocycles. The molecular formula is C22H24N6O. The van der Waals surface area contributed by atoms with Crippen LogP contribution in [0.2, 0.25) is 0 Å². The van der Waals surface area contributed by atoms with Crippen LogP contribution >= 0.6 is 0 Å². The van der Waals surface area contributed by atoms with Gasteiger partial charge in [0.15, 0.2) is 11.5 Å². The van der Waals surface area contributed by atoms with Gasteiger partial charge in [-0.25, -0.2) is 4.98 Å². The van der Waals surface area contributed by atoms with Crippen molar-refractivity contribution in [2.75, 3.05) is 41.3 Å². The molecule has 1 aliphatic rings. The van der Waals surface area contributed by atoms with Crippen LogP contribution in [0.1, 0.15) is 21.6 Å². The molecule has 0 saturated carbocycles. The van der Waals surface area contributed by atoms with Crippen molar-refractivity contribution in [3.8, 4) is 0 Å². The first-order chi connectivity index (χ1) is 14.1. The number of nitrogens with zero attached hydrogens (tertiary/aromatic N) is 5. The zero-order chi connectivity index (χ0) is 20.2. The Hall–Kier alpha value is -3.48. The number of para-hydroxylation sites is 1. The highest BCUT2D eigenvalue weighted by Gasteiger charge is 2.20. The fourth-order valence-corrected chi connectivity index (χ4v) is 3.51. The number of carbonyl (C=O) groups excluding carboxylic acids is 1. The molecule has 7 nitrogen and oxygen atoms in total. The summed E-state index contributed by atoms with van der Waals surface area (Å²) in [6, 6.07) is 15.5. The van der Waals surface area contributed by atoms with Crippen molar-refractivity contribution in [3.05, 3.63) is 71.5 Å². The number of aryl methyl sites for hydroxylation is 2. The topological polar surface area (TPSA) is 74.2 Å². The molecule has 0 aliphatic carbocycles. The monoisotopic (exact) mass is 388 g/mol. The standard InChI is InChI=1S/C22H24N6O/c1-16-6-5-7-17(2)21(16)24-22(29)18-9-10-20(26-25-18)28-14-12-27(13-15-28)19-8-3-4-11-23-19/h3-11H,12-15H2,1-2H3,(H,24,29). The number of benzene rings is 1. The van der Waals surface area contributed by atoms with Gasteiger partial charge in [-0.2, -0.15) is 0 Å². The number of nitrogens with one attached hydrogen (secondary N) is 1. The number of anilines is 3. The molecule has 29 heavy (non-hydrogen) atoms. The average Bonchev–Trinajstić information content (AvgIpc) is 2.77. The largest absolute Gasteiger partial charge is 0.353 e. The Morgan fingerprint density at radius 1 is 0.828 bits per heavy atom. The molecule has 0 radical (unpaired) electrons. The number of carbonyl (C=O) groups is 1. The molecule has 1 amide bonds. The van der Waals surface area contributed by atoms with Gasteiger partial charge >= 0.3 is 0 Å². The highest BCUT2D eigenvalue weighted by molar-refractivity contribution is 6.03. The van der Waals surface area contributed by atoms with E-state index < -0.39 is 0 Å². The number of rotatable bonds is 4. The fraction of sp³-hybridized carbons (Fsp3) is 0.273. The Morgan fingerprint density at radius 2 is 1.52 bits per heavy atom. The summed E-state index contributed by atoms with van der Waals surface area (Å²) in [6.07, 6.45) is 1.81. The molecule has 3 aromatic rings. The average molecular weight is 388 g/mol. The fourth-order valence-electron chi connectivity index (χ4n) is 3.51. The molecule has 4 rings (SSSR count). The lowest BCUT2D eigenvalue weighted by Crippen LogP contribution is -2.47. The van der Waals surface area contributed by atoms with E-state index in [0.717, 1.165) is 54.6 Å². The van der Waals surface area contributed by atoms with Crippen LogP contribution in [0.15, 0.2) is 54.7 Å². The molecule has 0 unspecified atom stereocenters. The molecule has 1 aromatic carbocycles. The number of aromatic nitrogens is 3. The van der Waals surface area contributed by atoms with E-state index in [-0.39, 0.29) is 5.91 Å². The third kappa shape index (κ3) is 4.18. The maximum absolute atomic E-state index is 12.6. The first-order valence-corrected chi connectivity index (χ1v) is 9.74. The number of piperazine rings is 1. The highest BCUT2D eigenvalue weighted by Crippen LogP contribution is 2.21. The second-order valence-corrected chi connectivity index (χ2v) is 7.16. The van der Waals surface area contributed by atoms with Crippen LogP contribution in [-0.4, -0.2) is 47.3 Å². The molecule has 1 N–H and O–H groups in total. The molecule has 0 bridgehead atoms. The van der Waals surface area contributed by atoms with Gasteiger partial charge in [0.25, 0.3) is 5.91 Å². The van der Waals surface area contributed by atoms with Crippen LogP contribution < -0.4 is 15.1 Å². The Bertz CT molecular complexity index is 962. The van der Waals surface area contributed by atoms with Crippen molar-refractivity contribution < 1.29 is 4.79 Å². The van der Waals surface area contributed by atoms with Gasteiger partial charge < -0.3 is 15.1 Å². The maximum Gasteiger partial charge on any atom is 0.276 e. The minimum absolute atomic E-state index is 0.249. The Morgan fingerprint density at radius 3 is 2.10 bits per heavy atom. The molecule has 148 valence electrons. The van der Waals surface area contributed by atoms with Crippen LogP contribution in [0.4, 0.5) is 17.3 Å². The van der Waals surface area contributed by atoms with Crippen LogP contribution in [0, 0.1) is 13.8 Å². The Kier molecular flexibility index (Phi) is 5.37. The summed E-state index contributed by atoms with van der Waals surface area (Å²) in [4.78, 5) is 21.4. The third-order valence-electron chi connectivity index (χ3n) is 5.18. The van der Waals surface area contributed by atoms with E-state index >= 15 is 0 Å². The number of hydrogen-bond acceptors (Lipinski definition) is 6. The molecule has 0 spiro atoms. The van der Waals surface area contributed by atoms with E-state index in [4.69, 9.17) is 0 Å². The van der Waals surface area contributed by atoms with E-state index in [0.29, 0.717) is 5.69 Å². The lowest BCUT2D eigenvalue weighted by molar-refractivity contribution is 0.102. The zero-order valence-corrected chi connectivity index (χ0v) is 16.7. The number of amides is 1. The molecule has 7 heteroatoms. The summed E-state index contributed by atoms with van der Waals surface area (Å²) in [6.45, 7) is 7.35. The van der Waals surface area contributed by atoms with E-state index in [9.17, 15) is 4.79 Å². The van der Waals surface area contributed by atoms with Gasteiger partial charge in [-0.3, -0.25) is 4.79 Å². The Labute approximate surface area is 170 Å². The van der Waals surface area contributed by atoms with Crippen LogP contribution in [0.25, 0.3) is 0 Å². The van der Waals surface area contributed by atoms with E-state index in [2.05, 4.69) is 30.3 Å². The summed E-state index contributed by atoms with van der Waals surface area (Å²) >= 11 is 0. The molecule has 0 atom stereocenters. The summed E-state index contributed by atoms with van der Waals surface area (Å²) in [5.74, 6) is 1.53. The summed E-state index contributed by atoms with van der Waals surface area (Å²) in [5, 5.41) is 11.4. The predicted molar refractivity (Wildman–Crippen MR) is 115 cm³/mol. The Balaban J connectivity index is 1.39. The van der Waals surface area contributed by atoms with E-state index in [1.54, 1.807) is 6.07 Å². The van der Waals surface area contributed by atoms with Gasteiger partial charge in [0.2, 0.25) is 0 Å². The van der Waals surface area contributed by atoms with Crippen molar-refractivity contribution in [3.63, 3.8) is 0 Å². The first kappa shape index (κ1) is 18.9. The van der Waals surface area contributed by atoms with Crippen molar-refractivity contribution in [2.24, 2.45) is 0 Å². The van der Waals surface area contributed by atoms with Crippen molar-refractivity contribution in [1.29, 1.82) is 0 Å². The quantitative estimate of drug-likeness (QED) is 0.740. The van der Waals surface area contributed by atoms with Gasteiger partial charge in [0.1, 0.15) is 5.82 Å². The van der Waals surface area contributed by atoms with E-state index in [1.807, 2.05) is 62.5 Å². The third-order valence-corrected chi connectivity index (χ3v) is 5.18. The smallest absolute Gasteiger partial charge is 0.276 e. The molecule has 2 aromatic heterocycles. The number of hydrogen-bond donors (Lipinski definition) is 1. The lowest BCUT2D eigenvalue weighted by Gasteiger charge is -2.35. The minimum atomic E-state index is -0.249. The van der Waals surface area contributed by atoms with E-state index in [1.165, 1.54) is 0 Å². The van der Waals surface area contributed by atoms with Crippen molar-refractivity contribution in [2.45, 2.75) is 13.8 Å². The molecule has 3 heterocycles. The zero-order valence-electron chi connectivity index (χ0n) is 16.7. The predicted octanol–water partition coefficient (Wildman–Crippen LogP) is 3.07. The normalized spacial score (nSPS) is 14.0. The van der Waals surface area contributed by atoms with Gasteiger partial charge in [-0.15, -0.1) is 10.2 Å². The van der Waals surface area contributed by atoms with Gasteiger partial charge in [0.05, 0.1) is 0 Å². The van der Waals surface area contributed by atoms with Gasteiger partial charge in [-0.05, 0) is 49.2 Å². The van der Waals surface area contributed by atoms with Gasteiger partial charge in [0, 0.05) is 38.1 Å². The molecule has 1 aliphatic heterocycles. The molecule has 1 fully saturated rings. The summed E-state index contributed by atoms with van der Waals surface area (Å²) < 4.78 is 0. The van der Waals surface area contributed by atoms with Crippen LogP contribution in [-0.2, 0) is 0 Å². The van der Waals surface area contributed by atoms with Crippen LogP contribution in [0.3, 0.4) is 0 Å². The van der Waals surface area contributed by atoms with Crippen LogP contribution in [0.5, 0.6) is 0 Å². The highest BCUT2D eigenvalue weighted by atomic mass is 16.1. The second-order valence-electron chi connectivity index (χ2n) is 7.16. The minimum Gasteiger partial charge on any atom is -0.353 e.